The molecule has 0 unspecified atom stereocenters. The van der Waals surface area contributed by atoms with E-state index >= 15 is 0 Å². The van der Waals surface area contributed by atoms with Crippen LogP contribution < -0.4 is 0 Å². The minimum absolute atomic E-state index is 0.565. The van der Waals surface area contributed by atoms with Gasteiger partial charge in [-0.2, -0.15) is 9.97 Å². The van der Waals surface area contributed by atoms with Crippen molar-refractivity contribution in [1.29, 1.82) is 0 Å². The van der Waals surface area contributed by atoms with Crippen molar-refractivity contribution < 1.29 is 0 Å². The molecule has 8 aromatic rings. The summed E-state index contributed by atoms with van der Waals surface area (Å²) in [5, 5.41) is 3.38. The Balaban J connectivity index is 1.57. The van der Waals surface area contributed by atoms with E-state index in [9.17, 15) is 0 Å². The Bertz CT molecular complexity index is 2320. The van der Waals surface area contributed by atoms with E-state index in [1.54, 1.807) is 0 Å². The third-order valence-electron chi connectivity index (χ3n) is 8.27. The summed E-state index contributed by atoms with van der Waals surface area (Å²) in [6.07, 6.45) is 6.20. The van der Waals surface area contributed by atoms with Gasteiger partial charge in [0.1, 0.15) is 0 Å². The molecule has 3 heterocycles. The lowest BCUT2D eigenvalue weighted by Crippen LogP contribution is -2.07. The predicted molar refractivity (Wildman–Crippen MR) is 187 cm³/mol. The molecule has 5 nitrogen and oxygen atoms in total. The van der Waals surface area contributed by atoms with Gasteiger partial charge in [-0.05, 0) is 31.2 Å². The fourth-order valence-corrected chi connectivity index (χ4v) is 6.36. The molecule has 0 fully saturated rings. The number of benzene rings is 5. The Kier molecular flexibility index (Phi) is 6.42. The molecule has 0 bridgehead atoms. The zero-order chi connectivity index (χ0) is 30.3. The Hall–Kier alpha value is -6.07. The lowest BCUT2D eigenvalue weighted by Gasteiger charge is -2.13. The Labute approximate surface area is 261 Å². The average molecular weight is 580 g/mol. The molecule has 3 aromatic heterocycles. The molecule has 5 heteroatoms. The van der Waals surface area contributed by atoms with Crippen LogP contribution in [0.2, 0.25) is 0 Å². The van der Waals surface area contributed by atoms with Gasteiger partial charge in [0.2, 0.25) is 5.95 Å². The summed E-state index contributed by atoms with van der Waals surface area (Å²) in [7, 11) is 0. The molecular weight excluding hydrogens is 550 g/mol. The van der Waals surface area contributed by atoms with Gasteiger partial charge in [-0.25, -0.2) is 4.98 Å². The standard InChI is InChI=1S/C40H29N5/c1-3-16-30-32-25-26-33-31-23-14-15-24-35(31)45(37(33)36(32)44(34(30)4-2)29-21-12-7-13-22-29)40-42-38(27-17-8-5-9-18-27)41-39(43-40)28-19-10-6-11-20-28/h3-26H,2H2,1H3/b16-3-. The fourth-order valence-electron chi connectivity index (χ4n) is 6.36. The second-order valence-electron chi connectivity index (χ2n) is 10.9. The van der Waals surface area contributed by atoms with Crippen LogP contribution in [0.1, 0.15) is 18.2 Å². The number of hydrogen-bond acceptors (Lipinski definition) is 3. The molecule has 45 heavy (non-hydrogen) atoms. The predicted octanol–water partition coefficient (Wildman–Crippen LogP) is 9.92. The first kappa shape index (κ1) is 26.5. The summed E-state index contributed by atoms with van der Waals surface area (Å²) in [4.78, 5) is 15.3. The monoisotopic (exact) mass is 579 g/mol. The molecule has 214 valence electrons. The van der Waals surface area contributed by atoms with Gasteiger partial charge in [-0.1, -0.05) is 128 Å². The Morgan fingerprint density at radius 2 is 1.11 bits per heavy atom. The summed E-state index contributed by atoms with van der Waals surface area (Å²) in [6, 6.07) is 43.6. The highest BCUT2D eigenvalue weighted by Gasteiger charge is 2.24. The van der Waals surface area contributed by atoms with Gasteiger partial charge < -0.3 is 4.57 Å². The lowest BCUT2D eigenvalue weighted by atomic mass is 10.1. The first-order valence-electron chi connectivity index (χ1n) is 15.0. The van der Waals surface area contributed by atoms with E-state index in [1.165, 1.54) is 0 Å². The molecule has 0 amide bonds. The quantitative estimate of drug-likeness (QED) is 0.197. The topological polar surface area (TPSA) is 48.5 Å². The third kappa shape index (κ3) is 4.28. The molecule has 0 aliphatic carbocycles. The molecule has 0 radical (unpaired) electrons. The number of hydrogen-bond donors (Lipinski definition) is 0. The molecule has 0 aliphatic heterocycles. The summed E-state index contributed by atoms with van der Waals surface area (Å²) in [5.74, 6) is 1.81. The maximum atomic E-state index is 5.16. The zero-order valence-electron chi connectivity index (χ0n) is 24.8. The van der Waals surface area contributed by atoms with Crippen LogP contribution in [0.5, 0.6) is 0 Å². The summed E-state index contributed by atoms with van der Waals surface area (Å²) < 4.78 is 4.52. The number of allylic oxidation sites excluding steroid dienone is 1. The van der Waals surface area contributed by atoms with E-state index in [2.05, 4.69) is 95.5 Å². The van der Waals surface area contributed by atoms with Crippen LogP contribution in [-0.4, -0.2) is 24.1 Å². The summed E-state index contributed by atoms with van der Waals surface area (Å²) in [6.45, 7) is 6.31. The van der Waals surface area contributed by atoms with Crippen molar-refractivity contribution in [3.63, 3.8) is 0 Å². The van der Waals surface area contributed by atoms with E-state index in [-0.39, 0.29) is 0 Å². The van der Waals surface area contributed by atoms with E-state index < -0.39 is 0 Å². The van der Waals surface area contributed by atoms with Crippen LogP contribution in [0.4, 0.5) is 0 Å². The molecular formula is C40H29N5. The molecule has 0 saturated heterocycles. The number of rotatable bonds is 6. The van der Waals surface area contributed by atoms with Gasteiger partial charge in [-0.3, -0.25) is 4.57 Å². The van der Waals surface area contributed by atoms with Crippen molar-refractivity contribution in [3.05, 3.63) is 151 Å². The number of para-hydroxylation sites is 2. The maximum absolute atomic E-state index is 5.16. The van der Waals surface area contributed by atoms with Crippen molar-refractivity contribution in [2.75, 3.05) is 0 Å². The highest BCUT2D eigenvalue weighted by Crippen LogP contribution is 2.41. The van der Waals surface area contributed by atoms with Gasteiger partial charge in [0.05, 0.1) is 22.2 Å². The number of fused-ring (bicyclic) bond motifs is 5. The largest absolute Gasteiger partial charge is 0.307 e. The maximum Gasteiger partial charge on any atom is 0.238 e. The highest BCUT2D eigenvalue weighted by molar-refractivity contribution is 6.19. The van der Waals surface area contributed by atoms with E-state index in [4.69, 9.17) is 15.0 Å². The van der Waals surface area contributed by atoms with Crippen LogP contribution in [0.15, 0.2) is 140 Å². The molecule has 0 atom stereocenters. The first-order valence-corrected chi connectivity index (χ1v) is 15.0. The summed E-state index contributed by atoms with van der Waals surface area (Å²) >= 11 is 0. The molecule has 0 N–H and O–H groups in total. The third-order valence-corrected chi connectivity index (χ3v) is 8.27. The molecule has 0 aliphatic rings. The SMILES string of the molecule is C=Cc1c(/C=C\C)c2ccc3c4ccccc4n(-c4nc(-c5ccccc5)nc(-c5ccccc5)n4)c3c2n1-c1ccccc1. The van der Waals surface area contributed by atoms with E-state index in [0.717, 1.165) is 60.8 Å². The molecule has 0 saturated carbocycles. The van der Waals surface area contributed by atoms with Gasteiger partial charge in [0.25, 0.3) is 0 Å². The van der Waals surface area contributed by atoms with E-state index in [1.807, 2.05) is 72.8 Å². The minimum atomic E-state index is 0.565. The second-order valence-corrected chi connectivity index (χ2v) is 10.9. The van der Waals surface area contributed by atoms with Crippen molar-refractivity contribution in [3.8, 4) is 34.4 Å². The van der Waals surface area contributed by atoms with Crippen LogP contribution in [0.25, 0.3) is 79.3 Å². The number of nitrogens with zero attached hydrogens (tertiary/aromatic N) is 5. The van der Waals surface area contributed by atoms with Gasteiger partial charge in [0, 0.05) is 38.5 Å². The minimum Gasteiger partial charge on any atom is -0.307 e. The molecule has 0 spiro atoms. The van der Waals surface area contributed by atoms with Gasteiger partial charge in [0.15, 0.2) is 11.6 Å². The van der Waals surface area contributed by atoms with Gasteiger partial charge in [-0.15, -0.1) is 0 Å². The van der Waals surface area contributed by atoms with Crippen LogP contribution in [0, 0.1) is 0 Å². The van der Waals surface area contributed by atoms with Crippen LogP contribution >= 0.6 is 0 Å². The van der Waals surface area contributed by atoms with Crippen LogP contribution in [-0.2, 0) is 0 Å². The lowest BCUT2D eigenvalue weighted by molar-refractivity contribution is 0.952. The highest BCUT2D eigenvalue weighted by atomic mass is 15.2. The molecule has 5 aromatic carbocycles. The van der Waals surface area contributed by atoms with Crippen LogP contribution in [0.3, 0.4) is 0 Å². The van der Waals surface area contributed by atoms with E-state index in [0.29, 0.717) is 17.6 Å². The normalized spacial score (nSPS) is 11.7. The Morgan fingerprint density at radius 1 is 0.556 bits per heavy atom. The fraction of sp³-hybridized carbons (Fsp3) is 0.0250. The van der Waals surface area contributed by atoms with Crippen molar-refractivity contribution in [1.82, 2.24) is 24.1 Å². The average Bonchev–Trinajstić information content (AvgIpc) is 3.62. The van der Waals surface area contributed by atoms with Gasteiger partial charge >= 0.3 is 0 Å². The second kappa shape index (κ2) is 10.9. The molecule has 8 rings (SSSR count). The first-order chi connectivity index (χ1) is 22.3. The Morgan fingerprint density at radius 3 is 1.73 bits per heavy atom. The summed E-state index contributed by atoms with van der Waals surface area (Å²) in [5.41, 5.74) is 8.20. The number of aromatic nitrogens is 5. The van der Waals surface area contributed by atoms with Crippen molar-refractivity contribution >= 4 is 44.9 Å². The zero-order valence-corrected chi connectivity index (χ0v) is 24.8. The smallest absolute Gasteiger partial charge is 0.238 e. The van der Waals surface area contributed by atoms with Crippen molar-refractivity contribution in [2.45, 2.75) is 6.92 Å². The van der Waals surface area contributed by atoms with Crippen molar-refractivity contribution in [2.24, 2.45) is 0 Å².